The van der Waals surface area contributed by atoms with Gasteiger partial charge in [0.05, 0.1) is 6.61 Å². The van der Waals surface area contributed by atoms with Crippen molar-refractivity contribution in [1.82, 2.24) is 0 Å². The Balaban J connectivity index is 2.32. The smallest absolute Gasteiger partial charge is 0.126 e. The summed E-state index contributed by atoms with van der Waals surface area (Å²) in [4.78, 5) is 0. The number of benzene rings is 1. The number of hydrogen-bond donors (Lipinski definition) is 0. The lowest BCUT2D eigenvalue weighted by molar-refractivity contribution is 0.141. The molecule has 1 aromatic carbocycles. The van der Waals surface area contributed by atoms with Crippen molar-refractivity contribution in [3.63, 3.8) is 0 Å². The van der Waals surface area contributed by atoms with Crippen molar-refractivity contribution >= 4 is 0 Å². The second-order valence-corrected chi connectivity index (χ2v) is 2.81. The van der Waals surface area contributed by atoms with Crippen LogP contribution in [0.1, 0.15) is 12.0 Å². The molecule has 0 bridgehead atoms. The first-order valence-electron chi connectivity index (χ1n) is 4.45. The Kier molecular flexibility index (Phi) is 4.47. The van der Waals surface area contributed by atoms with E-state index in [2.05, 4.69) is 6.92 Å². The van der Waals surface area contributed by atoms with Gasteiger partial charge in [-0.3, -0.25) is 0 Å². The standard InChI is InChI=1S/C11H14FO/c1-2-8-13-9-7-10-5-3-4-6-11(10)12/h3-6H,1-2,7-9H2. The van der Waals surface area contributed by atoms with Gasteiger partial charge in [-0.1, -0.05) is 25.1 Å². The first-order chi connectivity index (χ1) is 6.34. The Morgan fingerprint density at radius 1 is 1.23 bits per heavy atom. The molecule has 0 amide bonds. The molecular weight excluding hydrogens is 167 g/mol. The van der Waals surface area contributed by atoms with Gasteiger partial charge in [-0.05, 0) is 24.5 Å². The third kappa shape index (κ3) is 3.55. The lowest BCUT2D eigenvalue weighted by Crippen LogP contribution is -2.00. The van der Waals surface area contributed by atoms with Gasteiger partial charge in [0, 0.05) is 6.61 Å². The molecule has 71 valence electrons. The Morgan fingerprint density at radius 2 is 2.00 bits per heavy atom. The number of halogens is 1. The molecule has 0 aliphatic heterocycles. The third-order valence-corrected chi connectivity index (χ3v) is 1.76. The van der Waals surface area contributed by atoms with Crippen LogP contribution in [0.25, 0.3) is 0 Å². The summed E-state index contributed by atoms with van der Waals surface area (Å²) in [6, 6.07) is 6.77. The fraction of sp³-hybridized carbons (Fsp3) is 0.364. The fourth-order valence-electron chi connectivity index (χ4n) is 1.09. The van der Waals surface area contributed by atoms with Gasteiger partial charge in [0.1, 0.15) is 5.82 Å². The Bertz CT molecular complexity index is 248. The van der Waals surface area contributed by atoms with Crippen LogP contribution in [0.4, 0.5) is 4.39 Å². The van der Waals surface area contributed by atoms with Crippen molar-refractivity contribution in [2.24, 2.45) is 0 Å². The average molecular weight is 181 g/mol. The maximum Gasteiger partial charge on any atom is 0.126 e. The van der Waals surface area contributed by atoms with E-state index in [4.69, 9.17) is 4.74 Å². The Hall–Kier alpha value is -0.890. The van der Waals surface area contributed by atoms with Gasteiger partial charge in [-0.2, -0.15) is 0 Å². The lowest BCUT2D eigenvalue weighted by Gasteiger charge is -2.03. The van der Waals surface area contributed by atoms with Crippen molar-refractivity contribution in [2.75, 3.05) is 13.2 Å². The highest BCUT2D eigenvalue weighted by molar-refractivity contribution is 5.17. The molecule has 1 aromatic rings. The normalized spacial score (nSPS) is 10.3. The summed E-state index contributed by atoms with van der Waals surface area (Å²) in [7, 11) is 0. The minimum absolute atomic E-state index is 0.152. The topological polar surface area (TPSA) is 9.23 Å². The second kappa shape index (κ2) is 5.70. The third-order valence-electron chi connectivity index (χ3n) is 1.76. The van der Waals surface area contributed by atoms with Crippen LogP contribution < -0.4 is 0 Å². The molecule has 1 radical (unpaired) electrons. The highest BCUT2D eigenvalue weighted by atomic mass is 19.1. The van der Waals surface area contributed by atoms with Gasteiger partial charge >= 0.3 is 0 Å². The monoisotopic (exact) mass is 181 g/mol. The minimum Gasteiger partial charge on any atom is -0.381 e. The molecule has 0 N–H and O–H groups in total. The summed E-state index contributed by atoms with van der Waals surface area (Å²) >= 11 is 0. The largest absolute Gasteiger partial charge is 0.381 e. The van der Waals surface area contributed by atoms with E-state index in [0.29, 0.717) is 25.2 Å². The summed E-state index contributed by atoms with van der Waals surface area (Å²) in [5.41, 5.74) is 0.714. The predicted molar refractivity (Wildman–Crippen MR) is 50.9 cm³/mol. The fourth-order valence-corrected chi connectivity index (χ4v) is 1.09. The molecule has 1 rings (SSSR count). The van der Waals surface area contributed by atoms with Crippen molar-refractivity contribution in [3.05, 3.63) is 42.6 Å². The molecule has 0 aromatic heterocycles. The Labute approximate surface area is 78.5 Å². The maximum atomic E-state index is 13.0. The first-order valence-corrected chi connectivity index (χ1v) is 4.45. The van der Waals surface area contributed by atoms with Gasteiger partial charge in [-0.25, -0.2) is 4.39 Å². The zero-order valence-corrected chi connectivity index (χ0v) is 7.63. The van der Waals surface area contributed by atoms with E-state index in [0.717, 1.165) is 6.42 Å². The number of hydrogen-bond acceptors (Lipinski definition) is 1. The van der Waals surface area contributed by atoms with Gasteiger partial charge in [0.25, 0.3) is 0 Å². The van der Waals surface area contributed by atoms with Gasteiger partial charge < -0.3 is 4.74 Å². The van der Waals surface area contributed by atoms with Crippen molar-refractivity contribution in [3.8, 4) is 0 Å². The summed E-state index contributed by atoms with van der Waals surface area (Å²) in [6.07, 6.45) is 1.39. The van der Waals surface area contributed by atoms with Crippen molar-refractivity contribution < 1.29 is 9.13 Å². The SMILES string of the molecule is [CH2]CCOCCc1ccccc1F. The van der Waals surface area contributed by atoms with E-state index in [-0.39, 0.29) is 5.82 Å². The molecule has 0 unspecified atom stereocenters. The number of rotatable bonds is 5. The quantitative estimate of drug-likeness (QED) is 0.634. The maximum absolute atomic E-state index is 13.0. The van der Waals surface area contributed by atoms with Gasteiger partial charge in [0.2, 0.25) is 0 Å². The molecule has 0 saturated heterocycles. The molecule has 0 saturated carbocycles. The van der Waals surface area contributed by atoms with Crippen molar-refractivity contribution in [1.29, 1.82) is 0 Å². The highest BCUT2D eigenvalue weighted by Gasteiger charge is 1.99. The minimum atomic E-state index is -0.152. The van der Waals surface area contributed by atoms with Gasteiger partial charge in [0.15, 0.2) is 0 Å². The predicted octanol–water partition coefficient (Wildman–Crippen LogP) is 2.61. The van der Waals surface area contributed by atoms with Crippen LogP contribution in [0.15, 0.2) is 24.3 Å². The van der Waals surface area contributed by atoms with E-state index in [1.54, 1.807) is 12.1 Å². The number of ether oxygens (including phenoxy) is 1. The van der Waals surface area contributed by atoms with E-state index in [1.165, 1.54) is 6.07 Å². The molecule has 0 fully saturated rings. The van der Waals surface area contributed by atoms with Crippen LogP contribution in [-0.2, 0) is 11.2 Å². The molecule has 0 heterocycles. The zero-order valence-electron chi connectivity index (χ0n) is 7.63. The van der Waals surface area contributed by atoms with Gasteiger partial charge in [-0.15, -0.1) is 0 Å². The van der Waals surface area contributed by atoms with Crippen LogP contribution in [0.5, 0.6) is 0 Å². The molecular formula is C11H14FO. The first kappa shape index (κ1) is 10.2. The Morgan fingerprint density at radius 3 is 2.69 bits per heavy atom. The molecule has 2 heteroatoms. The second-order valence-electron chi connectivity index (χ2n) is 2.81. The van der Waals surface area contributed by atoms with E-state index in [9.17, 15) is 4.39 Å². The summed E-state index contributed by atoms with van der Waals surface area (Å²) in [5, 5.41) is 0. The molecule has 0 atom stereocenters. The van der Waals surface area contributed by atoms with E-state index in [1.807, 2.05) is 6.07 Å². The summed E-state index contributed by atoms with van der Waals surface area (Å²) < 4.78 is 18.2. The van der Waals surface area contributed by atoms with E-state index >= 15 is 0 Å². The zero-order chi connectivity index (χ0) is 9.52. The van der Waals surface area contributed by atoms with Crippen LogP contribution in [0, 0.1) is 12.7 Å². The van der Waals surface area contributed by atoms with Crippen LogP contribution in [0.3, 0.4) is 0 Å². The van der Waals surface area contributed by atoms with Crippen LogP contribution in [0.2, 0.25) is 0 Å². The van der Waals surface area contributed by atoms with Crippen LogP contribution in [-0.4, -0.2) is 13.2 Å². The molecule has 0 aliphatic rings. The van der Waals surface area contributed by atoms with Crippen LogP contribution >= 0.6 is 0 Å². The lowest BCUT2D eigenvalue weighted by atomic mass is 10.1. The summed E-state index contributed by atoms with van der Waals surface area (Å²) in [6.45, 7) is 4.86. The average Bonchev–Trinajstić information content (AvgIpc) is 2.15. The molecule has 1 nitrogen and oxygen atoms in total. The molecule has 0 spiro atoms. The summed E-state index contributed by atoms with van der Waals surface area (Å²) in [5.74, 6) is -0.152. The van der Waals surface area contributed by atoms with E-state index < -0.39 is 0 Å². The molecule has 13 heavy (non-hydrogen) atoms. The van der Waals surface area contributed by atoms with Crippen molar-refractivity contribution in [2.45, 2.75) is 12.8 Å². The highest BCUT2D eigenvalue weighted by Crippen LogP contribution is 2.06. The molecule has 0 aliphatic carbocycles.